The van der Waals surface area contributed by atoms with E-state index < -0.39 is 0 Å². The summed E-state index contributed by atoms with van der Waals surface area (Å²) in [6, 6.07) is 0.997. The van der Waals surface area contributed by atoms with Gasteiger partial charge in [0.15, 0.2) is 0 Å². The van der Waals surface area contributed by atoms with Gasteiger partial charge < -0.3 is 19.7 Å². The van der Waals surface area contributed by atoms with Crippen LogP contribution in [-0.2, 0) is 0 Å². The Morgan fingerprint density at radius 2 is 1.78 bits per heavy atom. The highest BCUT2D eigenvalue weighted by molar-refractivity contribution is 5.35. The van der Waals surface area contributed by atoms with E-state index in [1.54, 1.807) is 0 Å². The van der Waals surface area contributed by atoms with Crippen molar-refractivity contribution in [2.24, 2.45) is 0 Å². The summed E-state index contributed by atoms with van der Waals surface area (Å²) in [6.45, 7) is 4.95. The number of rotatable bonds is 6. The highest BCUT2D eigenvalue weighted by Crippen LogP contribution is 2.19. The van der Waals surface area contributed by atoms with Gasteiger partial charge >= 0.3 is 12.0 Å². The maximum absolute atomic E-state index is 5.07. The van der Waals surface area contributed by atoms with Crippen molar-refractivity contribution in [2.75, 3.05) is 38.8 Å². The van der Waals surface area contributed by atoms with E-state index in [9.17, 15) is 0 Å². The van der Waals surface area contributed by atoms with Crippen molar-refractivity contribution in [1.82, 2.24) is 20.3 Å². The average Bonchev–Trinajstić information content (AvgIpc) is 2.35. The van der Waals surface area contributed by atoms with Crippen LogP contribution in [0.15, 0.2) is 0 Å². The Bertz CT molecular complexity index is 375. The predicted molar refractivity (Wildman–Crippen MR) is 67.2 cm³/mol. The molecule has 100 valence electrons. The summed E-state index contributed by atoms with van der Waals surface area (Å²) < 4.78 is 10.1. The number of methoxy groups -OCH3 is 2. The maximum atomic E-state index is 5.07. The molecule has 0 bridgehead atoms. The van der Waals surface area contributed by atoms with Gasteiger partial charge in [-0.05, 0) is 6.42 Å². The highest BCUT2D eigenvalue weighted by atomic mass is 16.5. The summed E-state index contributed by atoms with van der Waals surface area (Å²) in [4.78, 5) is 14.8. The summed E-state index contributed by atoms with van der Waals surface area (Å²) in [5, 5.41) is 3.25. The number of hydrogen-bond acceptors (Lipinski definition) is 7. The molecule has 18 heavy (non-hydrogen) atoms. The Morgan fingerprint density at radius 1 is 1.17 bits per heavy atom. The molecule has 0 amide bonds. The van der Waals surface area contributed by atoms with Crippen molar-refractivity contribution < 1.29 is 9.47 Å². The topological polar surface area (TPSA) is 72.4 Å². The van der Waals surface area contributed by atoms with Crippen LogP contribution in [-0.4, -0.2) is 54.8 Å². The molecule has 2 rings (SSSR count). The third-order valence-electron chi connectivity index (χ3n) is 2.87. The van der Waals surface area contributed by atoms with Crippen molar-refractivity contribution in [1.29, 1.82) is 0 Å². The van der Waals surface area contributed by atoms with Gasteiger partial charge in [-0.1, -0.05) is 6.92 Å². The molecule has 1 fully saturated rings. The maximum Gasteiger partial charge on any atom is 0.324 e. The minimum absolute atomic E-state index is 0.283. The molecule has 0 unspecified atom stereocenters. The second-order valence-corrected chi connectivity index (χ2v) is 4.11. The lowest BCUT2D eigenvalue weighted by Gasteiger charge is -2.38. The van der Waals surface area contributed by atoms with Crippen LogP contribution in [0, 0.1) is 0 Å². The van der Waals surface area contributed by atoms with Gasteiger partial charge in [0, 0.05) is 19.6 Å². The van der Waals surface area contributed by atoms with E-state index in [0.29, 0.717) is 12.0 Å². The summed E-state index contributed by atoms with van der Waals surface area (Å²) >= 11 is 0. The van der Waals surface area contributed by atoms with Crippen LogP contribution < -0.4 is 19.7 Å². The number of hydrogen-bond donors (Lipinski definition) is 1. The summed E-state index contributed by atoms with van der Waals surface area (Å²) in [5.41, 5.74) is 0. The normalized spacial score (nSPS) is 15.1. The standard InChI is InChI=1S/C11H19N5O2/c1-4-5-16(8-6-12-7-8)9-13-10(17-2)15-11(14-9)18-3/h8,12H,4-7H2,1-3H3. The number of nitrogens with zero attached hydrogens (tertiary/aromatic N) is 4. The molecule has 7 nitrogen and oxygen atoms in total. The monoisotopic (exact) mass is 253 g/mol. The highest BCUT2D eigenvalue weighted by Gasteiger charge is 2.27. The number of nitrogens with one attached hydrogen (secondary N) is 1. The lowest BCUT2D eigenvalue weighted by Crippen LogP contribution is -2.58. The first-order valence-corrected chi connectivity index (χ1v) is 6.10. The van der Waals surface area contributed by atoms with Crippen molar-refractivity contribution in [3.8, 4) is 12.0 Å². The zero-order valence-electron chi connectivity index (χ0n) is 11.0. The minimum Gasteiger partial charge on any atom is -0.467 e. The number of aromatic nitrogens is 3. The third-order valence-corrected chi connectivity index (χ3v) is 2.87. The second-order valence-electron chi connectivity index (χ2n) is 4.11. The van der Waals surface area contributed by atoms with Crippen LogP contribution in [0.2, 0.25) is 0 Å². The molecule has 0 aromatic carbocycles. The summed E-state index contributed by atoms with van der Waals surface area (Å²) in [6.07, 6.45) is 1.03. The molecule has 0 saturated carbocycles. The van der Waals surface area contributed by atoms with E-state index in [1.165, 1.54) is 14.2 Å². The molecule has 0 radical (unpaired) electrons. The predicted octanol–water partition coefficient (Wildman–Crippen LogP) is 0.0770. The fourth-order valence-corrected chi connectivity index (χ4v) is 1.82. The van der Waals surface area contributed by atoms with Gasteiger partial charge in [-0.3, -0.25) is 0 Å². The summed E-state index contributed by atoms with van der Waals surface area (Å²) in [7, 11) is 3.07. The molecule has 1 aliphatic heterocycles. The molecular formula is C11H19N5O2. The van der Waals surface area contributed by atoms with E-state index in [1.807, 2.05) is 0 Å². The molecule has 0 spiro atoms. The van der Waals surface area contributed by atoms with Crippen molar-refractivity contribution in [2.45, 2.75) is 19.4 Å². The van der Waals surface area contributed by atoms with Crippen LogP contribution in [0.3, 0.4) is 0 Å². The molecule has 0 aliphatic carbocycles. The van der Waals surface area contributed by atoms with Crippen molar-refractivity contribution in [3.63, 3.8) is 0 Å². The number of anilines is 1. The lowest BCUT2D eigenvalue weighted by molar-refractivity contribution is 0.336. The largest absolute Gasteiger partial charge is 0.467 e. The average molecular weight is 253 g/mol. The third kappa shape index (κ3) is 2.61. The van der Waals surface area contributed by atoms with Crippen LogP contribution in [0.1, 0.15) is 13.3 Å². The van der Waals surface area contributed by atoms with Crippen LogP contribution in [0.5, 0.6) is 12.0 Å². The van der Waals surface area contributed by atoms with Gasteiger partial charge in [0.25, 0.3) is 0 Å². The zero-order chi connectivity index (χ0) is 13.0. The number of ether oxygens (including phenoxy) is 2. The Balaban J connectivity index is 2.26. The van der Waals surface area contributed by atoms with Gasteiger partial charge in [-0.2, -0.15) is 9.97 Å². The first kappa shape index (κ1) is 12.8. The molecule has 1 aromatic heterocycles. The van der Waals surface area contributed by atoms with Crippen LogP contribution in [0.25, 0.3) is 0 Å². The van der Waals surface area contributed by atoms with Crippen molar-refractivity contribution >= 4 is 5.95 Å². The van der Waals surface area contributed by atoms with E-state index in [4.69, 9.17) is 9.47 Å². The van der Waals surface area contributed by atoms with E-state index >= 15 is 0 Å². The Hall–Kier alpha value is -1.63. The molecule has 1 aromatic rings. The molecule has 1 N–H and O–H groups in total. The Labute approximate surface area is 107 Å². The second kappa shape index (κ2) is 5.81. The lowest BCUT2D eigenvalue weighted by atomic mass is 10.1. The Kier molecular flexibility index (Phi) is 4.14. The Morgan fingerprint density at radius 3 is 2.17 bits per heavy atom. The first-order chi connectivity index (χ1) is 8.78. The van der Waals surface area contributed by atoms with Gasteiger partial charge in [0.2, 0.25) is 5.95 Å². The smallest absolute Gasteiger partial charge is 0.324 e. The zero-order valence-corrected chi connectivity index (χ0v) is 11.0. The molecule has 0 atom stereocenters. The van der Waals surface area contributed by atoms with E-state index in [2.05, 4.69) is 32.1 Å². The quantitative estimate of drug-likeness (QED) is 0.769. The molecule has 1 saturated heterocycles. The first-order valence-electron chi connectivity index (χ1n) is 6.10. The van der Waals surface area contributed by atoms with E-state index in [-0.39, 0.29) is 12.0 Å². The van der Waals surface area contributed by atoms with Crippen LogP contribution >= 0.6 is 0 Å². The minimum atomic E-state index is 0.283. The van der Waals surface area contributed by atoms with Gasteiger partial charge in [0.05, 0.1) is 20.3 Å². The van der Waals surface area contributed by atoms with Gasteiger partial charge in [-0.25, -0.2) is 0 Å². The molecule has 7 heteroatoms. The van der Waals surface area contributed by atoms with Crippen molar-refractivity contribution in [3.05, 3.63) is 0 Å². The fraction of sp³-hybridized carbons (Fsp3) is 0.727. The van der Waals surface area contributed by atoms with Gasteiger partial charge in [-0.15, -0.1) is 4.98 Å². The molecular weight excluding hydrogens is 234 g/mol. The summed E-state index contributed by atoms with van der Waals surface area (Å²) in [5.74, 6) is 0.618. The molecule has 2 heterocycles. The molecule has 1 aliphatic rings. The van der Waals surface area contributed by atoms with Crippen LogP contribution in [0.4, 0.5) is 5.95 Å². The fourth-order valence-electron chi connectivity index (χ4n) is 1.82. The van der Waals surface area contributed by atoms with Gasteiger partial charge in [0.1, 0.15) is 0 Å². The van der Waals surface area contributed by atoms with E-state index in [0.717, 1.165) is 26.1 Å². The SMILES string of the molecule is CCCN(c1nc(OC)nc(OC)n1)C1CNC1.